The average Bonchev–Trinajstić information content (AvgIpc) is 2.73. The van der Waals surface area contributed by atoms with Gasteiger partial charge in [-0.3, -0.25) is 9.69 Å². The van der Waals surface area contributed by atoms with E-state index in [1.807, 2.05) is 0 Å². The van der Waals surface area contributed by atoms with Crippen LogP contribution < -0.4 is 0 Å². The number of amides is 1. The van der Waals surface area contributed by atoms with Gasteiger partial charge in [-0.05, 0) is 19.3 Å². The summed E-state index contributed by atoms with van der Waals surface area (Å²) in [4.78, 5) is 16.4. The molecule has 0 saturated carbocycles. The Labute approximate surface area is 110 Å². The summed E-state index contributed by atoms with van der Waals surface area (Å²) >= 11 is 0. The van der Waals surface area contributed by atoms with Crippen LogP contribution in [0.3, 0.4) is 0 Å². The lowest BCUT2D eigenvalue weighted by atomic mass is 10.1. The zero-order valence-electron chi connectivity index (χ0n) is 11.6. The van der Waals surface area contributed by atoms with Crippen LogP contribution in [0.25, 0.3) is 0 Å². The molecule has 2 saturated heterocycles. The van der Waals surface area contributed by atoms with E-state index in [2.05, 4.69) is 16.7 Å². The summed E-state index contributed by atoms with van der Waals surface area (Å²) in [7, 11) is 0. The van der Waals surface area contributed by atoms with Gasteiger partial charge < -0.3 is 9.64 Å². The van der Waals surface area contributed by atoms with Crippen molar-refractivity contribution >= 4 is 5.91 Å². The highest BCUT2D eigenvalue weighted by atomic mass is 16.5. The number of morpholine rings is 1. The van der Waals surface area contributed by atoms with Crippen molar-refractivity contribution in [1.29, 1.82) is 0 Å². The van der Waals surface area contributed by atoms with Gasteiger partial charge in [0.25, 0.3) is 0 Å². The summed E-state index contributed by atoms with van der Waals surface area (Å²) in [5, 5.41) is 0. The highest BCUT2D eigenvalue weighted by molar-refractivity contribution is 5.78. The Bertz CT molecular complexity index is 265. The molecule has 0 aliphatic carbocycles. The first-order valence-electron chi connectivity index (χ1n) is 7.41. The van der Waals surface area contributed by atoms with Gasteiger partial charge in [0.1, 0.15) is 0 Å². The topological polar surface area (TPSA) is 32.8 Å². The maximum Gasteiger partial charge on any atom is 0.222 e. The maximum absolute atomic E-state index is 11.8. The molecule has 1 atom stereocenters. The lowest BCUT2D eigenvalue weighted by molar-refractivity contribution is -0.129. The fourth-order valence-electron chi connectivity index (χ4n) is 3.02. The fourth-order valence-corrected chi connectivity index (χ4v) is 3.02. The zero-order valence-corrected chi connectivity index (χ0v) is 11.6. The summed E-state index contributed by atoms with van der Waals surface area (Å²) in [6, 6.07) is 0.521. The molecule has 18 heavy (non-hydrogen) atoms. The van der Waals surface area contributed by atoms with Gasteiger partial charge in [0.15, 0.2) is 0 Å². The Morgan fingerprint density at radius 3 is 2.78 bits per heavy atom. The van der Waals surface area contributed by atoms with Gasteiger partial charge in [0, 0.05) is 38.6 Å². The third kappa shape index (κ3) is 3.69. The van der Waals surface area contributed by atoms with Gasteiger partial charge >= 0.3 is 0 Å². The standard InChI is InChI=1S/C14H26N2O2/c1-2-4-13-5-6-14(17)16(13)8-3-7-15-9-11-18-12-10-15/h13H,2-12H2,1H3. The predicted octanol–water partition coefficient (Wildman–Crippen LogP) is 1.50. The summed E-state index contributed by atoms with van der Waals surface area (Å²) < 4.78 is 5.34. The minimum atomic E-state index is 0.371. The largest absolute Gasteiger partial charge is 0.379 e. The Morgan fingerprint density at radius 2 is 2.06 bits per heavy atom. The molecule has 2 aliphatic rings. The molecule has 0 N–H and O–H groups in total. The summed E-state index contributed by atoms with van der Waals surface area (Å²) in [5.41, 5.74) is 0. The van der Waals surface area contributed by atoms with Crippen molar-refractivity contribution in [2.24, 2.45) is 0 Å². The molecule has 0 spiro atoms. The average molecular weight is 254 g/mol. The number of likely N-dealkylation sites (tertiary alicyclic amines) is 1. The molecule has 0 aromatic carbocycles. The van der Waals surface area contributed by atoms with Crippen LogP contribution in [-0.2, 0) is 9.53 Å². The van der Waals surface area contributed by atoms with Crippen molar-refractivity contribution in [2.75, 3.05) is 39.4 Å². The number of nitrogens with zero attached hydrogens (tertiary/aromatic N) is 2. The third-order valence-corrected chi connectivity index (χ3v) is 4.05. The molecule has 2 aliphatic heterocycles. The van der Waals surface area contributed by atoms with Crippen molar-refractivity contribution < 1.29 is 9.53 Å². The lowest BCUT2D eigenvalue weighted by Gasteiger charge is -2.29. The van der Waals surface area contributed by atoms with Crippen LogP contribution in [0.5, 0.6) is 0 Å². The minimum Gasteiger partial charge on any atom is -0.379 e. The van der Waals surface area contributed by atoms with Crippen LogP contribution in [0.1, 0.15) is 39.0 Å². The molecule has 104 valence electrons. The smallest absolute Gasteiger partial charge is 0.222 e. The van der Waals surface area contributed by atoms with Crippen LogP contribution in [0, 0.1) is 0 Å². The molecule has 0 aromatic heterocycles. The molecule has 2 heterocycles. The summed E-state index contributed by atoms with van der Waals surface area (Å²) in [6.45, 7) is 8.07. The van der Waals surface area contributed by atoms with E-state index in [4.69, 9.17) is 4.74 Å². The number of carbonyl (C=O) groups excluding carboxylic acids is 1. The molecular weight excluding hydrogens is 228 g/mol. The molecule has 2 fully saturated rings. The van der Waals surface area contributed by atoms with Gasteiger partial charge in [-0.15, -0.1) is 0 Å². The van der Waals surface area contributed by atoms with Gasteiger partial charge in [-0.1, -0.05) is 13.3 Å². The Kier molecular flexibility index (Phi) is 5.45. The van der Waals surface area contributed by atoms with Gasteiger partial charge in [-0.25, -0.2) is 0 Å². The Hall–Kier alpha value is -0.610. The maximum atomic E-state index is 11.8. The van der Waals surface area contributed by atoms with Crippen LogP contribution in [-0.4, -0.2) is 61.1 Å². The van der Waals surface area contributed by atoms with E-state index in [0.717, 1.165) is 58.7 Å². The highest BCUT2D eigenvalue weighted by Crippen LogP contribution is 2.22. The SMILES string of the molecule is CCCC1CCC(=O)N1CCCN1CCOCC1. The summed E-state index contributed by atoms with van der Waals surface area (Å²) in [5.74, 6) is 0.371. The van der Waals surface area contributed by atoms with Crippen LogP contribution >= 0.6 is 0 Å². The number of rotatable bonds is 6. The second kappa shape index (κ2) is 7.10. The zero-order chi connectivity index (χ0) is 12.8. The number of hydrogen-bond donors (Lipinski definition) is 0. The van der Waals surface area contributed by atoms with E-state index in [-0.39, 0.29) is 0 Å². The first kappa shape index (κ1) is 13.8. The van der Waals surface area contributed by atoms with E-state index in [1.165, 1.54) is 12.8 Å². The van der Waals surface area contributed by atoms with E-state index >= 15 is 0 Å². The molecule has 0 bridgehead atoms. The number of hydrogen-bond acceptors (Lipinski definition) is 3. The van der Waals surface area contributed by atoms with Crippen molar-refractivity contribution in [3.63, 3.8) is 0 Å². The molecular formula is C14H26N2O2. The van der Waals surface area contributed by atoms with E-state index in [0.29, 0.717) is 11.9 Å². The molecule has 0 aromatic rings. The van der Waals surface area contributed by atoms with E-state index in [1.54, 1.807) is 0 Å². The predicted molar refractivity (Wildman–Crippen MR) is 71.5 cm³/mol. The first-order chi connectivity index (χ1) is 8.81. The molecule has 0 radical (unpaired) electrons. The van der Waals surface area contributed by atoms with Crippen molar-refractivity contribution in [1.82, 2.24) is 9.80 Å². The first-order valence-corrected chi connectivity index (χ1v) is 7.41. The van der Waals surface area contributed by atoms with Crippen molar-refractivity contribution in [3.05, 3.63) is 0 Å². The molecule has 1 amide bonds. The minimum absolute atomic E-state index is 0.371. The molecule has 1 unspecified atom stereocenters. The summed E-state index contributed by atoms with van der Waals surface area (Å²) in [6.07, 6.45) is 5.29. The van der Waals surface area contributed by atoms with Crippen molar-refractivity contribution in [3.8, 4) is 0 Å². The second-order valence-corrected chi connectivity index (χ2v) is 5.38. The molecule has 4 nitrogen and oxygen atoms in total. The van der Waals surface area contributed by atoms with Gasteiger partial charge in [-0.2, -0.15) is 0 Å². The van der Waals surface area contributed by atoms with E-state index < -0.39 is 0 Å². The quantitative estimate of drug-likeness (QED) is 0.720. The van der Waals surface area contributed by atoms with Gasteiger partial charge in [0.2, 0.25) is 5.91 Å². The van der Waals surface area contributed by atoms with Crippen molar-refractivity contribution in [2.45, 2.75) is 45.1 Å². The second-order valence-electron chi connectivity index (χ2n) is 5.38. The highest BCUT2D eigenvalue weighted by Gasteiger charge is 2.29. The normalized spacial score (nSPS) is 25.9. The lowest BCUT2D eigenvalue weighted by Crippen LogP contribution is -2.39. The molecule has 2 rings (SSSR count). The fraction of sp³-hybridized carbons (Fsp3) is 0.929. The number of carbonyl (C=O) groups is 1. The van der Waals surface area contributed by atoms with Crippen LogP contribution in [0.15, 0.2) is 0 Å². The monoisotopic (exact) mass is 254 g/mol. The Balaban J connectivity index is 1.69. The van der Waals surface area contributed by atoms with Crippen LogP contribution in [0.2, 0.25) is 0 Å². The third-order valence-electron chi connectivity index (χ3n) is 4.05. The number of ether oxygens (including phenoxy) is 1. The van der Waals surface area contributed by atoms with E-state index in [9.17, 15) is 4.79 Å². The Morgan fingerprint density at radius 1 is 1.28 bits per heavy atom. The van der Waals surface area contributed by atoms with Gasteiger partial charge in [0.05, 0.1) is 13.2 Å². The van der Waals surface area contributed by atoms with Crippen LogP contribution in [0.4, 0.5) is 0 Å². The molecule has 4 heteroatoms.